The summed E-state index contributed by atoms with van der Waals surface area (Å²) in [4.78, 5) is 8.91. The predicted molar refractivity (Wildman–Crippen MR) is 110 cm³/mol. The standard InChI is InChI=1S/C19H32N8O2/c1-13-16(14(2)26(24-13)8-9-28-4)10-21-19(20-3)22-15-6-7-18-23-17(12-29-5)25-27(18)11-15/h15H,6-12H2,1-5H3,(H2,20,21,22). The minimum absolute atomic E-state index is 0.248. The Hall–Kier alpha value is -2.46. The molecule has 2 aromatic heterocycles. The third-order valence-corrected chi connectivity index (χ3v) is 5.21. The zero-order chi connectivity index (χ0) is 20.8. The summed E-state index contributed by atoms with van der Waals surface area (Å²) in [6, 6.07) is 0.248. The molecular formula is C19H32N8O2. The highest BCUT2D eigenvalue weighted by Gasteiger charge is 2.22. The first kappa shape index (κ1) is 21.3. The first-order valence-corrected chi connectivity index (χ1v) is 9.96. The molecule has 10 nitrogen and oxygen atoms in total. The van der Waals surface area contributed by atoms with Crippen LogP contribution in [0.3, 0.4) is 0 Å². The summed E-state index contributed by atoms with van der Waals surface area (Å²) in [6.45, 7) is 7.41. The third-order valence-electron chi connectivity index (χ3n) is 5.21. The summed E-state index contributed by atoms with van der Waals surface area (Å²) in [7, 11) is 5.15. The highest BCUT2D eigenvalue weighted by Crippen LogP contribution is 2.15. The lowest BCUT2D eigenvalue weighted by Crippen LogP contribution is -2.46. The number of ether oxygens (including phenoxy) is 2. The van der Waals surface area contributed by atoms with E-state index in [1.54, 1.807) is 21.3 Å². The van der Waals surface area contributed by atoms with Gasteiger partial charge < -0.3 is 20.1 Å². The van der Waals surface area contributed by atoms with Gasteiger partial charge in [-0.05, 0) is 20.3 Å². The fraction of sp³-hybridized carbons (Fsp3) is 0.684. The monoisotopic (exact) mass is 404 g/mol. The van der Waals surface area contributed by atoms with Gasteiger partial charge in [0.1, 0.15) is 12.4 Å². The zero-order valence-electron chi connectivity index (χ0n) is 18.0. The molecule has 160 valence electrons. The molecule has 1 aliphatic rings. The fourth-order valence-corrected chi connectivity index (χ4v) is 3.61. The molecule has 1 unspecified atom stereocenters. The van der Waals surface area contributed by atoms with E-state index in [1.807, 2.05) is 16.3 Å². The number of hydrogen-bond donors (Lipinski definition) is 2. The molecule has 0 radical (unpaired) electrons. The van der Waals surface area contributed by atoms with Crippen molar-refractivity contribution >= 4 is 5.96 Å². The number of fused-ring (bicyclic) bond motifs is 1. The Morgan fingerprint density at radius 1 is 1.24 bits per heavy atom. The van der Waals surface area contributed by atoms with Gasteiger partial charge in [0.15, 0.2) is 11.8 Å². The maximum atomic E-state index is 5.17. The van der Waals surface area contributed by atoms with Crippen LogP contribution in [0.1, 0.15) is 35.0 Å². The molecular weight excluding hydrogens is 372 g/mol. The van der Waals surface area contributed by atoms with Gasteiger partial charge in [-0.15, -0.1) is 0 Å². The molecule has 0 saturated carbocycles. The van der Waals surface area contributed by atoms with Crippen LogP contribution in [0.4, 0.5) is 0 Å². The molecule has 29 heavy (non-hydrogen) atoms. The van der Waals surface area contributed by atoms with Gasteiger partial charge >= 0.3 is 0 Å². The van der Waals surface area contributed by atoms with E-state index in [0.29, 0.717) is 19.8 Å². The van der Waals surface area contributed by atoms with Crippen molar-refractivity contribution in [3.05, 3.63) is 28.6 Å². The Labute approximate surface area is 171 Å². The number of aromatic nitrogens is 5. The molecule has 10 heteroatoms. The van der Waals surface area contributed by atoms with Crippen molar-refractivity contribution in [2.75, 3.05) is 27.9 Å². The summed E-state index contributed by atoms with van der Waals surface area (Å²) in [6.07, 6.45) is 1.87. The molecule has 0 amide bonds. The predicted octanol–water partition coefficient (Wildman–Crippen LogP) is 0.564. The van der Waals surface area contributed by atoms with E-state index in [9.17, 15) is 0 Å². The van der Waals surface area contributed by atoms with Crippen LogP contribution < -0.4 is 10.6 Å². The molecule has 0 aromatic carbocycles. The molecule has 0 spiro atoms. The Balaban J connectivity index is 1.57. The molecule has 0 aliphatic carbocycles. The number of hydrogen-bond acceptors (Lipinski definition) is 6. The van der Waals surface area contributed by atoms with Crippen molar-refractivity contribution in [1.29, 1.82) is 0 Å². The van der Waals surface area contributed by atoms with E-state index in [4.69, 9.17) is 9.47 Å². The highest BCUT2D eigenvalue weighted by atomic mass is 16.5. The topological polar surface area (TPSA) is 103 Å². The number of methoxy groups -OCH3 is 2. The molecule has 3 heterocycles. The van der Waals surface area contributed by atoms with Gasteiger partial charge in [-0.3, -0.25) is 9.67 Å². The Morgan fingerprint density at radius 2 is 2.07 bits per heavy atom. The van der Waals surface area contributed by atoms with E-state index in [-0.39, 0.29) is 6.04 Å². The molecule has 1 aliphatic heterocycles. The lowest BCUT2D eigenvalue weighted by Gasteiger charge is -2.25. The number of nitrogens with one attached hydrogen (secondary N) is 2. The van der Waals surface area contributed by atoms with Crippen molar-refractivity contribution < 1.29 is 9.47 Å². The van der Waals surface area contributed by atoms with Gasteiger partial charge in [-0.2, -0.15) is 10.2 Å². The van der Waals surface area contributed by atoms with Crippen LogP contribution in [0.2, 0.25) is 0 Å². The zero-order valence-corrected chi connectivity index (χ0v) is 18.0. The molecule has 0 fully saturated rings. The Kier molecular flexibility index (Phi) is 7.21. The van der Waals surface area contributed by atoms with Crippen LogP contribution in [0.25, 0.3) is 0 Å². The number of rotatable bonds is 8. The van der Waals surface area contributed by atoms with Gasteiger partial charge in [-0.25, -0.2) is 9.67 Å². The molecule has 0 saturated heterocycles. The first-order valence-electron chi connectivity index (χ1n) is 9.96. The SMILES string of the molecule is CN=C(NCc1c(C)nn(CCOC)c1C)NC1CCc2nc(COC)nn2C1. The quantitative estimate of drug-likeness (QED) is 0.490. The van der Waals surface area contributed by atoms with Crippen molar-refractivity contribution in [1.82, 2.24) is 35.2 Å². The lowest BCUT2D eigenvalue weighted by atomic mass is 10.1. The number of guanidine groups is 1. The summed E-state index contributed by atoms with van der Waals surface area (Å²) in [5, 5.41) is 16.1. The van der Waals surface area contributed by atoms with E-state index in [0.717, 1.165) is 54.9 Å². The van der Waals surface area contributed by atoms with E-state index >= 15 is 0 Å². The molecule has 2 N–H and O–H groups in total. The van der Waals surface area contributed by atoms with Crippen LogP contribution in [-0.2, 0) is 42.1 Å². The Morgan fingerprint density at radius 3 is 2.79 bits per heavy atom. The van der Waals surface area contributed by atoms with Gasteiger partial charge in [0.2, 0.25) is 0 Å². The average Bonchev–Trinajstić information content (AvgIpc) is 3.23. The van der Waals surface area contributed by atoms with Gasteiger partial charge in [0.25, 0.3) is 0 Å². The second-order valence-corrected chi connectivity index (χ2v) is 7.23. The largest absolute Gasteiger partial charge is 0.383 e. The van der Waals surface area contributed by atoms with E-state index < -0.39 is 0 Å². The summed E-state index contributed by atoms with van der Waals surface area (Å²) < 4.78 is 14.3. The van der Waals surface area contributed by atoms with Crippen LogP contribution in [0.15, 0.2) is 4.99 Å². The molecule has 3 rings (SSSR count). The third kappa shape index (κ3) is 5.13. The maximum absolute atomic E-state index is 5.17. The Bertz CT molecular complexity index is 842. The second kappa shape index (κ2) is 9.84. The highest BCUT2D eigenvalue weighted by molar-refractivity contribution is 5.80. The second-order valence-electron chi connectivity index (χ2n) is 7.23. The van der Waals surface area contributed by atoms with Crippen LogP contribution in [0, 0.1) is 13.8 Å². The number of aliphatic imine (C=N–C) groups is 1. The lowest BCUT2D eigenvalue weighted by molar-refractivity contribution is 0.177. The van der Waals surface area contributed by atoms with E-state index in [2.05, 4.69) is 37.7 Å². The minimum atomic E-state index is 0.248. The van der Waals surface area contributed by atoms with Gasteiger partial charge in [-0.1, -0.05) is 0 Å². The average molecular weight is 405 g/mol. The summed E-state index contributed by atoms with van der Waals surface area (Å²) in [5.74, 6) is 2.54. The maximum Gasteiger partial charge on any atom is 0.191 e. The molecule has 2 aromatic rings. The van der Waals surface area contributed by atoms with Crippen molar-refractivity contribution in [2.24, 2.45) is 4.99 Å². The van der Waals surface area contributed by atoms with Crippen LogP contribution >= 0.6 is 0 Å². The summed E-state index contributed by atoms with van der Waals surface area (Å²) >= 11 is 0. The molecule has 0 bridgehead atoms. The van der Waals surface area contributed by atoms with E-state index in [1.165, 1.54) is 5.56 Å². The minimum Gasteiger partial charge on any atom is -0.383 e. The van der Waals surface area contributed by atoms with Crippen molar-refractivity contribution in [2.45, 2.75) is 59.0 Å². The van der Waals surface area contributed by atoms with Crippen LogP contribution in [-0.4, -0.2) is 64.4 Å². The number of aryl methyl sites for hydroxylation is 2. The van der Waals surface area contributed by atoms with Gasteiger partial charge in [0, 0.05) is 51.5 Å². The fourth-order valence-electron chi connectivity index (χ4n) is 3.61. The smallest absolute Gasteiger partial charge is 0.191 e. The van der Waals surface area contributed by atoms with Crippen molar-refractivity contribution in [3.8, 4) is 0 Å². The normalized spacial score (nSPS) is 16.7. The van der Waals surface area contributed by atoms with Crippen LogP contribution in [0.5, 0.6) is 0 Å². The number of nitrogens with zero attached hydrogens (tertiary/aromatic N) is 6. The van der Waals surface area contributed by atoms with Crippen molar-refractivity contribution in [3.63, 3.8) is 0 Å². The molecule has 1 atom stereocenters. The summed E-state index contributed by atoms with van der Waals surface area (Å²) in [5.41, 5.74) is 3.37. The van der Waals surface area contributed by atoms with Gasteiger partial charge in [0.05, 0.1) is 25.4 Å². The first-order chi connectivity index (χ1) is 14.0.